The third-order valence-electron chi connectivity index (χ3n) is 4.09. The molecule has 2 aromatic rings. The number of halogens is 1. The maximum atomic E-state index is 12.5. The Morgan fingerprint density at radius 2 is 1.73 bits per heavy atom. The van der Waals surface area contributed by atoms with Gasteiger partial charge in [-0.3, -0.25) is 14.4 Å². The highest BCUT2D eigenvalue weighted by molar-refractivity contribution is 6.31. The summed E-state index contributed by atoms with van der Waals surface area (Å²) >= 11 is 5.98. The lowest BCUT2D eigenvalue weighted by Gasteiger charge is -2.17. The fourth-order valence-electron chi connectivity index (χ4n) is 2.86. The average molecular weight is 372 g/mol. The molecule has 1 heterocycles. The van der Waals surface area contributed by atoms with Gasteiger partial charge in [0.05, 0.1) is 5.92 Å². The van der Waals surface area contributed by atoms with Crippen LogP contribution in [0.2, 0.25) is 5.02 Å². The van der Waals surface area contributed by atoms with Crippen molar-refractivity contribution in [2.24, 2.45) is 5.92 Å². The number of anilines is 3. The molecule has 2 aromatic carbocycles. The molecule has 2 N–H and O–H groups in total. The largest absolute Gasteiger partial charge is 0.326 e. The predicted molar refractivity (Wildman–Crippen MR) is 101 cm³/mol. The summed E-state index contributed by atoms with van der Waals surface area (Å²) < 4.78 is 0. The maximum absolute atomic E-state index is 12.5. The summed E-state index contributed by atoms with van der Waals surface area (Å²) in [5.41, 5.74) is 1.95. The van der Waals surface area contributed by atoms with E-state index in [1.54, 1.807) is 53.4 Å². The van der Waals surface area contributed by atoms with Crippen LogP contribution >= 0.6 is 11.6 Å². The van der Waals surface area contributed by atoms with E-state index in [2.05, 4.69) is 10.6 Å². The number of hydrogen-bond donors (Lipinski definition) is 2. The average Bonchev–Trinajstić information content (AvgIpc) is 2.98. The van der Waals surface area contributed by atoms with Crippen molar-refractivity contribution >= 4 is 46.4 Å². The maximum Gasteiger partial charge on any atom is 0.229 e. The lowest BCUT2D eigenvalue weighted by atomic mass is 10.1. The summed E-state index contributed by atoms with van der Waals surface area (Å²) in [7, 11) is 0. The van der Waals surface area contributed by atoms with Gasteiger partial charge in [-0.1, -0.05) is 17.7 Å². The molecular weight excluding hydrogens is 354 g/mol. The topological polar surface area (TPSA) is 78.5 Å². The molecule has 26 heavy (non-hydrogen) atoms. The first-order valence-corrected chi connectivity index (χ1v) is 8.54. The summed E-state index contributed by atoms with van der Waals surface area (Å²) in [6, 6.07) is 13.8. The van der Waals surface area contributed by atoms with Crippen molar-refractivity contribution < 1.29 is 14.4 Å². The van der Waals surface area contributed by atoms with Crippen molar-refractivity contribution in [3.8, 4) is 0 Å². The van der Waals surface area contributed by atoms with Crippen molar-refractivity contribution in [2.45, 2.75) is 13.3 Å². The van der Waals surface area contributed by atoms with Crippen LogP contribution in [0.15, 0.2) is 48.5 Å². The number of carbonyl (C=O) groups excluding carboxylic acids is 3. The number of benzene rings is 2. The van der Waals surface area contributed by atoms with E-state index in [1.807, 2.05) is 0 Å². The molecule has 1 atom stereocenters. The molecule has 134 valence electrons. The SMILES string of the molecule is CC(=O)Nc1ccc(NC(=O)[C@H]2CC(=O)N(c3cccc(Cl)c3)C2)cc1. The van der Waals surface area contributed by atoms with Crippen molar-refractivity contribution in [3.05, 3.63) is 53.6 Å². The third-order valence-corrected chi connectivity index (χ3v) is 4.32. The predicted octanol–water partition coefficient (Wildman–Crippen LogP) is 3.29. The Hall–Kier alpha value is -2.86. The molecule has 1 aliphatic rings. The van der Waals surface area contributed by atoms with E-state index in [9.17, 15) is 14.4 Å². The quantitative estimate of drug-likeness (QED) is 0.865. The van der Waals surface area contributed by atoms with Crippen LogP contribution in [-0.4, -0.2) is 24.3 Å². The van der Waals surface area contributed by atoms with Crippen LogP contribution < -0.4 is 15.5 Å². The molecule has 3 amide bonds. The minimum Gasteiger partial charge on any atom is -0.326 e. The molecule has 0 bridgehead atoms. The minimum atomic E-state index is -0.434. The van der Waals surface area contributed by atoms with Gasteiger partial charge < -0.3 is 15.5 Å². The molecule has 7 heteroatoms. The van der Waals surface area contributed by atoms with Gasteiger partial charge >= 0.3 is 0 Å². The van der Waals surface area contributed by atoms with Crippen LogP contribution in [0.1, 0.15) is 13.3 Å². The van der Waals surface area contributed by atoms with Crippen LogP contribution in [-0.2, 0) is 14.4 Å². The van der Waals surface area contributed by atoms with Crippen LogP contribution in [0.4, 0.5) is 17.1 Å². The number of nitrogens with one attached hydrogen (secondary N) is 2. The minimum absolute atomic E-state index is 0.103. The number of carbonyl (C=O) groups is 3. The van der Waals surface area contributed by atoms with E-state index < -0.39 is 5.92 Å². The lowest BCUT2D eigenvalue weighted by molar-refractivity contribution is -0.122. The van der Waals surface area contributed by atoms with Crippen LogP contribution in [0, 0.1) is 5.92 Å². The van der Waals surface area contributed by atoms with Gasteiger partial charge in [0.25, 0.3) is 0 Å². The Bertz CT molecular complexity index is 851. The van der Waals surface area contributed by atoms with E-state index in [4.69, 9.17) is 11.6 Å². The Morgan fingerprint density at radius 1 is 1.08 bits per heavy atom. The zero-order valence-electron chi connectivity index (χ0n) is 14.2. The molecular formula is C19H18ClN3O3. The number of rotatable bonds is 4. The van der Waals surface area contributed by atoms with Gasteiger partial charge in [-0.05, 0) is 42.5 Å². The molecule has 1 aliphatic heterocycles. The first-order chi connectivity index (χ1) is 12.4. The third kappa shape index (κ3) is 4.21. The molecule has 0 aliphatic carbocycles. The van der Waals surface area contributed by atoms with Gasteiger partial charge in [0.1, 0.15) is 0 Å². The summed E-state index contributed by atoms with van der Waals surface area (Å²) in [5.74, 6) is -0.910. The molecule has 0 spiro atoms. The highest BCUT2D eigenvalue weighted by atomic mass is 35.5. The fourth-order valence-corrected chi connectivity index (χ4v) is 3.05. The normalized spacial score (nSPS) is 16.5. The molecule has 1 fully saturated rings. The Labute approximate surface area is 156 Å². The lowest BCUT2D eigenvalue weighted by Crippen LogP contribution is -2.28. The number of amides is 3. The highest BCUT2D eigenvalue weighted by Crippen LogP contribution is 2.28. The van der Waals surface area contributed by atoms with Crippen molar-refractivity contribution in [2.75, 3.05) is 22.1 Å². The van der Waals surface area contributed by atoms with Crippen LogP contribution in [0.3, 0.4) is 0 Å². The van der Waals surface area contributed by atoms with E-state index in [-0.39, 0.29) is 24.1 Å². The van der Waals surface area contributed by atoms with Crippen molar-refractivity contribution in [1.29, 1.82) is 0 Å². The van der Waals surface area contributed by atoms with Gasteiger partial charge in [0, 0.05) is 42.0 Å². The standard InChI is InChI=1S/C19H18ClN3O3/c1-12(24)21-15-5-7-16(8-6-15)22-19(26)13-9-18(25)23(11-13)17-4-2-3-14(20)10-17/h2-8,10,13H,9,11H2,1H3,(H,21,24)(H,22,26)/t13-/m0/s1. The van der Waals surface area contributed by atoms with Crippen LogP contribution in [0.5, 0.6) is 0 Å². The zero-order valence-corrected chi connectivity index (χ0v) is 14.9. The van der Waals surface area contributed by atoms with Gasteiger partial charge in [0.2, 0.25) is 17.7 Å². The Balaban J connectivity index is 1.64. The zero-order chi connectivity index (χ0) is 18.7. The van der Waals surface area contributed by atoms with Gasteiger partial charge in [-0.25, -0.2) is 0 Å². The second-order valence-corrected chi connectivity index (χ2v) is 6.57. The summed E-state index contributed by atoms with van der Waals surface area (Å²) in [6.45, 7) is 1.74. The highest BCUT2D eigenvalue weighted by Gasteiger charge is 2.35. The molecule has 1 saturated heterocycles. The summed E-state index contributed by atoms with van der Waals surface area (Å²) in [5, 5.41) is 6.02. The first kappa shape index (κ1) is 17.9. The second kappa shape index (κ2) is 7.58. The number of hydrogen-bond acceptors (Lipinski definition) is 3. The van der Waals surface area contributed by atoms with Gasteiger partial charge in [0.15, 0.2) is 0 Å². The van der Waals surface area contributed by atoms with E-state index in [0.717, 1.165) is 0 Å². The summed E-state index contributed by atoms with van der Waals surface area (Å²) in [4.78, 5) is 37.3. The Kier molecular flexibility index (Phi) is 5.23. The van der Waals surface area contributed by atoms with Gasteiger partial charge in [-0.15, -0.1) is 0 Å². The molecule has 0 radical (unpaired) electrons. The molecule has 0 unspecified atom stereocenters. The summed E-state index contributed by atoms with van der Waals surface area (Å²) in [6.07, 6.45) is 0.155. The molecule has 0 saturated carbocycles. The molecule has 0 aromatic heterocycles. The van der Waals surface area contributed by atoms with E-state index in [0.29, 0.717) is 28.6 Å². The number of nitrogens with zero attached hydrogens (tertiary/aromatic N) is 1. The Morgan fingerprint density at radius 3 is 2.35 bits per heavy atom. The smallest absolute Gasteiger partial charge is 0.229 e. The van der Waals surface area contributed by atoms with Crippen molar-refractivity contribution in [3.63, 3.8) is 0 Å². The monoisotopic (exact) mass is 371 g/mol. The van der Waals surface area contributed by atoms with Crippen LogP contribution in [0.25, 0.3) is 0 Å². The van der Waals surface area contributed by atoms with E-state index >= 15 is 0 Å². The first-order valence-electron chi connectivity index (χ1n) is 8.17. The molecule has 3 rings (SSSR count). The fraction of sp³-hybridized carbons (Fsp3) is 0.211. The van der Waals surface area contributed by atoms with Gasteiger partial charge in [-0.2, -0.15) is 0 Å². The van der Waals surface area contributed by atoms with Crippen molar-refractivity contribution in [1.82, 2.24) is 0 Å². The molecule has 6 nitrogen and oxygen atoms in total. The van der Waals surface area contributed by atoms with E-state index in [1.165, 1.54) is 6.92 Å². The second-order valence-electron chi connectivity index (χ2n) is 6.13.